The highest BCUT2D eigenvalue weighted by Crippen LogP contribution is 2.23. The van der Waals surface area contributed by atoms with Gasteiger partial charge in [-0.2, -0.15) is 0 Å². The van der Waals surface area contributed by atoms with Crippen molar-refractivity contribution >= 4 is 21.8 Å². The quantitative estimate of drug-likeness (QED) is 0.338. The van der Waals surface area contributed by atoms with Crippen LogP contribution in [0.1, 0.15) is 42.9 Å². The molecule has 1 atom stereocenters. The number of aromatic nitrogens is 1. The van der Waals surface area contributed by atoms with Crippen molar-refractivity contribution in [2.75, 3.05) is 7.11 Å². The van der Waals surface area contributed by atoms with E-state index in [0.717, 1.165) is 29.5 Å². The van der Waals surface area contributed by atoms with Crippen LogP contribution in [0.25, 0.3) is 0 Å². The van der Waals surface area contributed by atoms with Gasteiger partial charge in [-0.1, -0.05) is 24.3 Å². The van der Waals surface area contributed by atoms with Crippen molar-refractivity contribution in [3.05, 3.63) is 89.7 Å². The standard InChI is InChI=1S/C29H34N4O5S/c1-21(29(35)31-19-23-15-17-30-18-16-23)33(20-24-3-10-26(38-2)11-4-24)28(34)14-7-22-5-12-27(13-6-22)39(36,37)32-25-8-9-25/h3-6,10-13,15-18,21,25,32H,7-9,14,19-20H2,1-2H3,(H,31,35). The normalized spacial score (nSPS) is 13.9. The Morgan fingerprint density at radius 3 is 2.23 bits per heavy atom. The highest BCUT2D eigenvalue weighted by molar-refractivity contribution is 7.89. The summed E-state index contributed by atoms with van der Waals surface area (Å²) in [5, 5.41) is 2.91. The molecule has 2 aromatic carbocycles. The monoisotopic (exact) mass is 550 g/mol. The maximum Gasteiger partial charge on any atom is 0.242 e. The number of aryl methyl sites for hydroxylation is 1. The number of ether oxygens (including phenoxy) is 1. The van der Waals surface area contributed by atoms with Gasteiger partial charge in [-0.15, -0.1) is 0 Å². The molecule has 1 aliphatic rings. The molecule has 1 aromatic heterocycles. The van der Waals surface area contributed by atoms with Gasteiger partial charge in [0.05, 0.1) is 12.0 Å². The second-order valence-corrected chi connectivity index (χ2v) is 11.4. The Hall–Kier alpha value is -3.76. The summed E-state index contributed by atoms with van der Waals surface area (Å²) >= 11 is 0. The van der Waals surface area contributed by atoms with E-state index in [9.17, 15) is 18.0 Å². The lowest BCUT2D eigenvalue weighted by Gasteiger charge is -2.29. The van der Waals surface area contributed by atoms with Crippen molar-refractivity contribution in [3.8, 4) is 5.75 Å². The molecule has 10 heteroatoms. The maximum atomic E-state index is 13.4. The van der Waals surface area contributed by atoms with Crippen LogP contribution in [-0.2, 0) is 39.1 Å². The van der Waals surface area contributed by atoms with Gasteiger partial charge in [0.25, 0.3) is 0 Å². The molecule has 0 aliphatic heterocycles. The Balaban J connectivity index is 1.42. The van der Waals surface area contributed by atoms with Crippen molar-refractivity contribution in [1.29, 1.82) is 0 Å². The fourth-order valence-corrected chi connectivity index (χ4v) is 5.37. The highest BCUT2D eigenvalue weighted by atomic mass is 32.2. The number of sulfonamides is 1. The van der Waals surface area contributed by atoms with Gasteiger partial charge in [-0.25, -0.2) is 13.1 Å². The number of benzene rings is 2. The first-order chi connectivity index (χ1) is 18.7. The molecule has 0 spiro atoms. The summed E-state index contributed by atoms with van der Waals surface area (Å²) < 4.78 is 32.7. The summed E-state index contributed by atoms with van der Waals surface area (Å²) in [5.74, 6) is 0.272. The predicted molar refractivity (Wildman–Crippen MR) is 147 cm³/mol. The number of pyridine rings is 1. The third-order valence-corrected chi connectivity index (χ3v) is 8.19. The molecular formula is C29H34N4O5S. The maximum absolute atomic E-state index is 13.4. The van der Waals surface area contributed by atoms with E-state index >= 15 is 0 Å². The fraction of sp³-hybridized carbons (Fsp3) is 0.345. The summed E-state index contributed by atoms with van der Waals surface area (Å²) in [6, 6.07) is 16.9. The van der Waals surface area contributed by atoms with E-state index in [2.05, 4.69) is 15.0 Å². The molecule has 2 amide bonds. The van der Waals surface area contributed by atoms with E-state index in [4.69, 9.17) is 4.74 Å². The van der Waals surface area contributed by atoms with E-state index in [1.807, 2.05) is 36.4 Å². The van der Waals surface area contributed by atoms with Gasteiger partial charge in [0.15, 0.2) is 0 Å². The first-order valence-electron chi connectivity index (χ1n) is 13.0. The number of rotatable bonds is 13. The minimum Gasteiger partial charge on any atom is -0.497 e. The largest absolute Gasteiger partial charge is 0.497 e. The average Bonchev–Trinajstić information content (AvgIpc) is 3.77. The predicted octanol–water partition coefficient (Wildman–Crippen LogP) is 3.20. The molecule has 1 fully saturated rings. The molecule has 0 radical (unpaired) electrons. The smallest absolute Gasteiger partial charge is 0.242 e. The average molecular weight is 551 g/mol. The molecule has 1 unspecified atom stereocenters. The first-order valence-corrected chi connectivity index (χ1v) is 14.4. The van der Waals surface area contributed by atoms with Crippen LogP contribution in [-0.4, -0.2) is 49.3 Å². The van der Waals surface area contributed by atoms with Gasteiger partial charge in [0, 0.05) is 37.9 Å². The molecule has 2 N–H and O–H groups in total. The minimum absolute atomic E-state index is 0.0351. The van der Waals surface area contributed by atoms with Crippen molar-refractivity contribution in [2.24, 2.45) is 0 Å². The second kappa shape index (κ2) is 12.9. The Kier molecular flexibility index (Phi) is 9.32. The molecular weight excluding hydrogens is 516 g/mol. The van der Waals surface area contributed by atoms with Crippen molar-refractivity contribution < 1.29 is 22.7 Å². The zero-order valence-corrected chi connectivity index (χ0v) is 23.0. The number of hydrogen-bond donors (Lipinski definition) is 2. The number of carbonyl (C=O) groups excluding carboxylic acids is 2. The molecule has 4 rings (SSSR count). The fourth-order valence-electron chi connectivity index (χ4n) is 4.07. The van der Waals surface area contributed by atoms with E-state index in [1.54, 1.807) is 55.6 Å². The van der Waals surface area contributed by atoms with Gasteiger partial charge < -0.3 is 15.0 Å². The number of methoxy groups -OCH3 is 1. The number of nitrogens with one attached hydrogen (secondary N) is 2. The van der Waals surface area contributed by atoms with Crippen LogP contribution in [0, 0.1) is 0 Å². The van der Waals surface area contributed by atoms with Crippen LogP contribution in [0.4, 0.5) is 0 Å². The van der Waals surface area contributed by atoms with E-state index < -0.39 is 16.1 Å². The first kappa shape index (κ1) is 28.3. The second-order valence-electron chi connectivity index (χ2n) is 9.66. The van der Waals surface area contributed by atoms with E-state index in [0.29, 0.717) is 18.7 Å². The molecule has 0 saturated heterocycles. The molecule has 39 heavy (non-hydrogen) atoms. The third-order valence-electron chi connectivity index (χ3n) is 6.66. The zero-order valence-electron chi connectivity index (χ0n) is 22.2. The van der Waals surface area contributed by atoms with Crippen LogP contribution in [0.15, 0.2) is 78.0 Å². The van der Waals surface area contributed by atoms with Crippen molar-refractivity contribution in [3.63, 3.8) is 0 Å². The van der Waals surface area contributed by atoms with Gasteiger partial charge in [-0.05, 0) is 79.3 Å². The van der Waals surface area contributed by atoms with E-state index in [1.165, 1.54) is 0 Å². The summed E-state index contributed by atoms with van der Waals surface area (Å²) in [6.07, 6.45) is 5.65. The number of hydrogen-bond acceptors (Lipinski definition) is 6. The lowest BCUT2D eigenvalue weighted by atomic mass is 10.1. The van der Waals surface area contributed by atoms with Crippen molar-refractivity contribution in [2.45, 2.75) is 62.7 Å². The summed E-state index contributed by atoms with van der Waals surface area (Å²) in [5.41, 5.74) is 2.62. The summed E-state index contributed by atoms with van der Waals surface area (Å²) in [6.45, 7) is 2.31. The topological polar surface area (TPSA) is 118 Å². The van der Waals surface area contributed by atoms with Gasteiger partial charge in [-0.3, -0.25) is 14.6 Å². The number of amides is 2. The molecule has 1 saturated carbocycles. The molecule has 206 valence electrons. The van der Waals surface area contributed by atoms with Gasteiger partial charge in [0.2, 0.25) is 21.8 Å². The van der Waals surface area contributed by atoms with E-state index in [-0.39, 0.29) is 35.7 Å². The van der Waals surface area contributed by atoms with Crippen LogP contribution in [0.3, 0.4) is 0 Å². The Labute approximate surface area is 229 Å². The Morgan fingerprint density at radius 2 is 1.62 bits per heavy atom. The van der Waals surface area contributed by atoms with Gasteiger partial charge in [0.1, 0.15) is 11.8 Å². The SMILES string of the molecule is COc1ccc(CN(C(=O)CCc2ccc(S(=O)(=O)NC3CC3)cc2)C(C)C(=O)NCc2ccncc2)cc1. The zero-order chi connectivity index (χ0) is 27.8. The number of nitrogens with zero attached hydrogens (tertiary/aromatic N) is 2. The lowest BCUT2D eigenvalue weighted by molar-refractivity contribution is -0.140. The van der Waals surface area contributed by atoms with Crippen LogP contribution >= 0.6 is 0 Å². The third kappa shape index (κ3) is 8.11. The van der Waals surface area contributed by atoms with Crippen LogP contribution < -0.4 is 14.8 Å². The van der Waals surface area contributed by atoms with Gasteiger partial charge >= 0.3 is 0 Å². The molecule has 1 heterocycles. The Bertz CT molecular complexity index is 1360. The Morgan fingerprint density at radius 1 is 0.974 bits per heavy atom. The van der Waals surface area contributed by atoms with Crippen molar-refractivity contribution in [1.82, 2.24) is 19.9 Å². The lowest BCUT2D eigenvalue weighted by Crippen LogP contribution is -2.47. The summed E-state index contributed by atoms with van der Waals surface area (Å²) in [7, 11) is -1.94. The number of carbonyl (C=O) groups is 2. The molecule has 0 bridgehead atoms. The minimum atomic E-state index is -3.53. The van der Waals surface area contributed by atoms with Crippen LogP contribution in [0.2, 0.25) is 0 Å². The molecule has 9 nitrogen and oxygen atoms in total. The molecule has 3 aromatic rings. The van der Waals surface area contributed by atoms with Crippen LogP contribution in [0.5, 0.6) is 5.75 Å². The summed E-state index contributed by atoms with van der Waals surface area (Å²) in [4.78, 5) is 32.2. The highest BCUT2D eigenvalue weighted by Gasteiger charge is 2.28. The molecule has 1 aliphatic carbocycles.